The second-order valence-electron chi connectivity index (χ2n) is 11.5. The number of hydrogen-bond acceptors (Lipinski definition) is 4. The molecule has 3 aromatic heterocycles. The Bertz CT molecular complexity index is 1980. The number of ether oxygens (including phenoxy) is 1. The molecule has 45 heavy (non-hydrogen) atoms. The van der Waals surface area contributed by atoms with Crippen LogP contribution in [0.4, 0.5) is 0 Å². The molecule has 5 heterocycles. The van der Waals surface area contributed by atoms with Gasteiger partial charge in [0, 0.05) is 6.08 Å². The van der Waals surface area contributed by atoms with E-state index in [-0.39, 0.29) is 29.1 Å². The molecule has 2 aliphatic heterocycles. The number of nitrogens with zero attached hydrogens (tertiary/aromatic N) is 4. The number of aliphatic hydroxyl groups is 1. The van der Waals surface area contributed by atoms with E-state index in [1.165, 1.54) is 18.8 Å². The number of carbonyl (C=O) groups is 2. The van der Waals surface area contributed by atoms with Crippen LogP contribution in [0.1, 0.15) is 82.5 Å². The van der Waals surface area contributed by atoms with Gasteiger partial charge in [-0.15, -0.1) is 33.5 Å². The SMILES string of the molecule is C=Cc1c2[n-]c(c1C)/C=c1\[n-]/c(c(/C=C/C(=O)O)c1C)=C1\c3[n-]c(c(C)c3C(O)[C@@H]1C(=O)OC)C[C@H]1[N-]/C(=C\2)C(C)=C1CC.[Mg+2]. The number of aliphatic hydroxyl groups excluding tert-OH is 1. The molecule has 3 atom stereocenters. The van der Waals surface area contributed by atoms with Gasteiger partial charge in [0.2, 0.25) is 0 Å². The number of allylic oxidation sites excluding steroid dienone is 1. The fourth-order valence-corrected chi connectivity index (χ4v) is 6.89. The summed E-state index contributed by atoms with van der Waals surface area (Å²) in [7, 11) is 1.28. The van der Waals surface area contributed by atoms with Gasteiger partial charge in [-0.1, -0.05) is 77.6 Å². The maximum Gasteiger partial charge on any atom is 2.00 e. The van der Waals surface area contributed by atoms with Crippen molar-refractivity contribution in [3.05, 3.63) is 102 Å². The number of aromatic nitrogens is 3. The predicted octanol–water partition coefficient (Wildman–Crippen LogP) is 3.09. The number of carboxylic acid groups (broad SMARTS) is 1. The zero-order chi connectivity index (χ0) is 31.6. The van der Waals surface area contributed by atoms with Gasteiger partial charge in [0.05, 0.1) is 13.2 Å². The number of carboxylic acids is 1. The van der Waals surface area contributed by atoms with E-state index in [2.05, 4.69) is 20.4 Å². The van der Waals surface area contributed by atoms with Crippen molar-refractivity contribution in [3.8, 4) is 0 Å². The average Bonchev–Trinajstić information content (AvgIpc) is 3.72. The Morgan fingerprint density at radius 2 is 1.78 bits per heavy atom. The molecule has 0 fully saturated rings. The minimum atomic E-state index is -1.20. The van der Waals surface area contributed by atoms with Crippen molar-refractivity contribution in [1.29, 1.82) is 0 Å². The molecule has 228 valence electrons. The van der Waals surface area contributed by atoms with Gasteiger partial charge in [0.25, 0.3) is 0 Å². The number of carbonyl (C=O) groups excluding carboxylic acids is 1. The van der Waals surface area contributed by atoms with Gasteiger partial charge in [0.1, 0.15) is 5.92 Å². The van der Waals surface area contributed by atoms with Crippen LogP contribution in [-0.2, 0) is 20.7 Å². The third-order valence-electron chi connectivity index (χ3n) is 9.28. The largest absolute Gasteiger partial charge is 2.00 e. The van der Waals surface area contributed by atoms with E-state index in [9.17, 15) is 19.8 Å². The zero-order valence-electron chi connectivity index (χ0n) is 26.4. The van der Waals surface area contributed by atoms with E-state index in [0.29, 0.717) is 50.8 Å². The molecule has 0 saturated carbocycles. The van der Waals surface area contributed by atoms with Gasteiger partial charge in [-0.3, -0.25) is 4.79 Å². The van der Waals surface area contributed by atoms with Gasteiger partial charge in [0.15, 0.2) is 0 Å². The van der Waals surface area contributed by atoms with Crippen LogP contribution in [-0.4, -0.2) is 58.4 Å². The molecule has 0 aromatic carbocycles. The molecule has 1 aliphatic carbocycles. The molecule has 10 heteroatoms. The summed E-state index contributed by atoms with van der Waals surface area (Å²) in [5.41, 5.74) is 10.7. The zero-order valence-corrected chi connectivity index (χ0v) is 27.8. The van der Waals surface area contributed by atoms with Crippen LogP contribution in [0.5, 0.6) is 0 Å². The fourth-order valence-electron chi connectivity index (χ4n) is 6.89. The van der Waals surface area contributed by atoms with Crippen LogP contribution in [0.15, 0.2) is 29.5 Å². The van der Waals surface area contributed by atoms with Crippen LogP contribution in [0.25, 0.3) is 35.2 Å². The number of hydrogen-bond donors (Lipinski definition) is 2. The Morgan fingerprint density at radius 1 is 1.04 bits per heavy atom. The van der Waals surface area contributed by atoms with Crippen molar-refractivity contribution in [3.63, 3.8) is 0 Å². The first-order valence-corrected chi connectivity index (χ1v) is 14.6. The summed E-state index contributed by atoms with van der Waals surface area (Å²) < 4.78 is 5.15. The summed E-state index contributed by atoms with van der Waals surface area (Å²) in [5, 5.41) is 27.2. The molecule has 8 bridgehead atoms. The van der Waals surface area contributed by atoms with Crippen molar-refractivity contribution in [2.45, 2.75) is 59.6 Å². The van der Waals surface area contributed by atoms with Crippen molar-refractivity contribution >= 4 is 64.9 Å². The predicted molar refractivity (Wildman–Crippen MR) is 174 cm³/mol. The van der Waals surface area contributed by atoms with E-state index in [4.69, 9.17) is 25.0 Å². The second kappa shape index (κ2) is 12.1. The van der Waals surface area contributed by atoms with E-state index in [1.807, 2.05) is 32.9 Å². The molecule has 6 rings (SSSR count). The van der Waals surface area contributed by atoms with E-state index in [0.717, 1.165) is 51.8 Å². The molecule has 0 amide bonds. The number of rotatable bonds is 5. The van der Waals surface area contributed by atoms with Gasteiger partial charge in [-0.2, -0.15) is 5.69 Å². The smallest absolute Gasteiger partial charge is 0.678 e. The molecule has 3 aliphatic rings. The minimum Gasteiger partial charge on any atom is -0.678 e. The Balaban J connectivity index is 0.00000400. The second-order valence-corrected chi connectivity index (χ2v) is 11.5. The molecular formula is C35H34MgN4O5-2. The first-order chi connectivity index (χ1) is 21.0. The first-order valence-electron chi connectivity index (χ1n) is 14.6. The number of esters is 1. The van der Waals surface area contributed by atoms with Gasteiger partial charge >= 0.3 is 35.0 Å². The van der Waals surface area contributed by atoms with Gasteiger partial charge in [-0.05, 0) is 56.9 Å². The molecule has 0 radical (unpaired) electrons. The molecule has 3 aromatic rings. The summed E-state index contributed by atoms with van der Waals surface area (Å²) >= 11 is 0. The first kappa shape index (κ1) is 32.4. The number of fused-ring (bicyclic) bond motifs is 7. The summed E-state index contributed by atoms with van der Waals surface area (Å²) in [6.07, 6.45) is 8.31. The molecular weight excluding hydrogens is 581 g/mol. The van der Waals surface area contributed by atoms with E-state index < -0.39 is 24.0 Å². The summed E-state index contributed by atoms with van der Waals surface area (Å²) in [4.78, 5) is 39.8. The fraction of sp³-hybridized carbons (Fsp3) is 0.314. The third-order valence-corrected chi connectivity index (χ3v) is 9.28. The summed E-state index contributed by atoms with van der Waals surface area (Å²) in [6.45, 7) is 14.0. The van der Waals surface area contributed by atoms with E-state index in [1.54, 1.807) is 6.08 Å². The van der Waals surface area contributed by atoms with Gasteiger partial charge < -0.3 is 35.2 Å². The topological polar surface area (TPSA) is 140 Å². The Morgan fingerprint density at radius 3 is 2.42 bits per heavy atom. The third kappa shape index (κ3) is 5.05. The van der Waals surface area contributed by atoms with Crippen molar-refractivity contribution < 1.29 is 24.5 Å². The monoisotopic (exact) mass is 614 g/mol. The van der Waals surface area contributed by atoms with Crippen LogP contribution < -0.4 is 25.7 Å². The molecule has 0 spiro atoms. The minimum absolute atomic E-state index is 0. The van der Waals surface area contributed by atoms with Crippen LogP contribution in [0.3, 0.4) is 0 Å². The maximum atomic E-state index is 13.2. The molecule has 1 unspecified atom stereocenters. The number of methoxy groups -OCH3 is 1. The maximum absolute atomic E-state index is 13.2. The van der Waals surface area contributed by atoms with Crippen LogP contribution in [0, 0.1) is 26.7 Å². The van der Waals surface area contributed by atoms with Gasteiger partial charge in [-0.25, -0.2) is 4.79 Å². The Hall–Kier alpha value is -3.99. The normalized spacial score (nSPS) is 23.2. The Labute approximate surface area is 277 Å². The quantitative estimate of drug-likeness (QED) is 0.254. The molecule has 0 saturated heterocycles. The standard InChI is InChI=1S/C35H34N4O5.Mg/c1-8-19-15(3)22-12-24-17(5)21(10-11-28(40)41)32(38-24)30-31(35(43)44-7)34(42)29-18(6)25(39-33(29)30)14-27-20(9-2)16(4)23(37-27)13-26(19)36-22;/h8,10-13,27,31,34,42H,1,9,14H2,2-7H3,(H,40,41);/q-4;+2/b11-10+,23-13-,24-12-,32-30-;/t27-,31-,34?;/m1./s1. The van der Waals surface area contributed by atoms with Crippen molar-refractivity contribution in [2.24, 2.45) is 5.92 Å². The van der Waals surface area contributed by atoms with Crippen molar-refractivity contribution in [2.75, 3.05) is 7.11 Å². The number of aliphatic carboxylic acids is 1. The molecule has 2 N–H and O–H groups in total. The average molecular weight is 615 g/mol. The van der Waals surface area contributed by atoms with E-state index >= 15 is 0 Å². The van der Waals surface area contributed by atoms with Crippen molar-refractivity contribution in [1.82, 2.24) is 15.0 Å². The molecule has 9 nitrogen and oxygen atoms in total. The Kier molecular flexibility index (Phi) is 8.69. The van der Waals surface area contributed by atoms with Crippen LogP contribution >= 0.6 is 0 Å². The summed E-state index contributed by atoms with van der Waals surface area (Å²) in [5.74, 6) is -2.83. The van der Waals surface area contributed by atoms with Crippen LogP contribution in [0.2, 0.25) is 0 Å². The summed E-state index contributed by atoms with van der Waals surface area (Å²) in [6, 6.07) is -0.140.